The fourth-order valence-corrected chi connectivity index (χ4v) is 14.3. The number of thiazole rings is 1. The zero-order valence-corrected chi connectivity index (χ0v) is 39.5. The topological polar surface area (TPSA) is 129 Å². The maximum atomic E-state index is 13.1. The molecule has 4 fully saturated rings. The lowest BCUT2D eigenvalue weighted by molar-refractivity contribution is -0.153. The van der Waals surface area contributed by atoms with Gasteiger partial charge in [-0.2, -0.15) is 0 Å². The molecule has 2 heterocycles. The summed E-state index contributed by atoms with van der Waals surface area (Å²) in [6.07, 6.45) is 21.7. The summed E-state index contributed by atoms with van der Waals surface area (Å²) in [7, 11) is 1.57. The monoisotopic (exact) mass is 881 g/mol. The van der Waals surface area contributed by atoms with Crippen LogP contribution < -0.4 is 15.4 Å². The number of nitrogens with zero attached hydrogens (tertiary/aromatic N) is 2. The van der Waals surface area contributed by atoms with Crippen LogP contribution in [0.3, 0.4) is 0 Å². The zero-order valence-electron chi connectivity index (χ0n) is 38.7. The Balaban J connectivity index is 0.782. The number of fused-ring (bicyclic) bond motifs is 6. The molecule has 4 unspecified atom stereocenters. The predicted molar refractivity (Wildman–Crippen MR) is 249 cm³/mol. The van der Waals surface area contributed by atoms with E-state index in [-0.39, 0.29) is 54.1 Å². The molecule has 0 aliphatic heterocycles. The number of benzene rings is 1. The Hall–Kier alpha value is -3.99. The summed E-state index contributed by atoms with van der Waals surface area (Å²) in [6, 6.07) is 9.12. The minimum atomic E-state index is -0.437. The maximum absolute atomic E-state index is 13.1. The number of allylic oxidation sites excluding steroid dienone is 1. The second-order valence-corrected chi connectivity index (χ2v) is 21.9. The molecule has 63 heavy (non-hydrogen) atoms. The molecule has 342 valence electrons. The van der Waals surface area contributed by atoms with E-state index in [2.05, 4.69) is 56.3 Å². The smallest absolute Gasteiger partial charge is 0.407 e. The molecule has 3 aromatic rings. The molecule has 5 aliphatic rings. The molecule has 8 rings (SSSR count). The van der Waals surface area contributed by atoms with Crippen LogP contribution in [0.4, 0.5) is 4.79 Å². The van der Waals surface area contributed by atoms with Crippen LogP contribution in [-0.4, -0.2) is 53.7 Å². The van der Waals surface area contributed by atoms with Gasteiger partial charge < -0.3 is 24.8 Å². The Kier molecular flexibility index (Phi) is 14.2. The molecule has 10 nitrogen and oxygen atoms in total. The highest BCUT2D eigenvalue weighted by Gasteiger charge is 2.59. The highest BCUT2D eigenvalue weighted by Crippen LogP contribution is 2.67. The van der Waals surface area contributed by atoms with Crippen molar-refractivity contribution < 1.29 is 28.6 Å². The van der Waals surface area contributed by atoms with E-state index in [1.807, 2.05) is 18.2 Å². The van der Waals surface area contributed by atoms with Gasteiger partial charge in [-0.15, -0.1) is 11.3 Å². The standard InChI is InChI=1S/C52H72N4O6S/c1-32(2)10-9-11-33(3)40-17-18-41-39-16-14-35-29-37(20-24-51(35,4)42(39)21-25-52(40,41)5)61-50(59)55-27-23-48(57)62-45-13-8-7-12-34(45)28-47-56-43-19-15-36(31-46(43)63-47)60-38-22-26-54-44(30-38)49(58)53-6/h14-15,19,22,26,30-34,37,39-42,45H,7-13,16-18,20-21,23-25,27-29H2,1-6H3,(H,53,58)(H,55,59)/t33-,34-,37+,39?,40-,41?,42?,45?,51+,52-/m1/s1. The van der Waals surface area contributed by atoms with Crippen molar-refractivity contribution in [2.45, 2.75) is 156 Å². The lowest BCUT2D eigenvalue weighted by Gasteiger charge is -2.58. The minimum absolute atomic E-state index is 0.110. The van der Waals surface area contributed by atoms with E-state index in [9.17, 15) is 14.4 Å². The molecule has 0 saturated heterocycles. The predicted octanol–water partition coefficient (Wildman–Crippen LogP) is 12.0. The summed E-state index contributed by atoms with van der Waals surface area (Å²) in [4.78, 5) is 47.2. The molecule has 0 radical (unpaired) electrons. The zero-order chi connectivity index (χ0) is 44.3. The van der Waals surface area contributed by atoms with Gasteiger partial charge in [0.25, 0.3) is 5.91 Å². The van der Waals surface area contributed by atoms with Gasteiger partial charge in [-0.1, -0.05) is 72.0 Å². The average Bonchev–Trinajstić information content (AvgIpc) is 3.84. The summed E-state index contributed by atoms with van der Waals surface area (Å²) >= 11 is 1.62. The van der Waals surface area contributed by atoms with E-state index < -0.39 is 6.09 Å². The van der Waals surface area contributed by atoms with E-state index in [1.54, 1.807) is 36.7 Å². The van der Waals surface area contributed by atoms with Gasteiger partial charge in [-0.05, 0) is 129 Å². The van der Waals surface area contributed by atoms with E-state index in [0.29, 0.717) is 16.9 Å². The van der Waals surface area contributed by atoms with Gasteiger partial charge in [0.1, 0.15) is 29.4 Å². The maximum Gasteiger partial charge on any atom is 0.407 e. The van der Waals surface area contributed by atoms with Gasteiger partial charge >= 0.3 is 12.1 Å². The summed E-state index contributed by atoms with van der Waals surface area (Å²) in [5.74, 6) is 5.63. The van der Waals surface area contributed by atoms with Crippen LogP contribution in [0.2, 0.25) is 0 Å². The quantitative estimate of drug-likeness (QED) is 0.114. The van der Waals surface area contributed by atoms with Crippen LogP contribution in [0.5, 0.6) is 11.5 Å². The molecule has 4 saturated carbocycles. The van der Waals surface area contributed by atoms with Gasteiger partial charge in [0.15, 0.2) is 0 Å². The Labute approximate surface area is 379 Å². The molecule has 2 aromatic heterocycles. The number of alkyl carbamates (subject to hydrolysis) is 1. The molecule has 0 bridgehead atoms. The van der Waals surface area contributed by atoms with Crippen LogP contribution in [0.25, 0.3) is 10.2 Å². The first-order chi connectivity index (χ1) is 30.3. The normalized spacial score (nSPS) is 30.7. The number of pyridine rings is 1. The number of amides is 2. The van der Waals surface area contributed by atoms with Crippen molar-refractivity contribution >= 4 is 39.5 Å². The Bertz CT molecular complexity index is 2140. The first kappa shape index (κ1) is 45.6. The van der Waals surface area contributed by atoms with Crippen LogP contribution in [0.1, 0.15) is 153 Å². The van der Waals surface area contributed by atoms with E-state index >= 15 is 0 Å². The van der Waals surface area contributed by atoms with E-state index in [1.165, 1.54) is 56.9 Å². The number of carbonyl (C=O) groups excluding carboxylic acids is 3. The number of esters is 1. The summed E-state index contributed by atoms with van der Waals surface area (Å²) < 4.78 is 19.2. The highest BCUT2D eigenvalue weighted by molar-refractivity contribution is 7.18. The highest BCUT2D eigenvalue weighted by atomic mass is 32.1. The van der Waals surface area contributed by atoms with Crippen molar-refractivity contribution in [3.05, 3.63) is 58.9 Å². The third-order valence-electron chi connectivity index (χ3n) is 16.5. The second-order valence-electron chi connectivity index (χ2n) is 20.8. The first-order valence-electron chi connectivity index (χ1n) is 24.4. The minimum Gasteiger partial charge on any atom is -0.462 e. The van der Waals surface area contributed by atoms with Gasteiger partial charge in [0, 0.05) is 50.7 Å². The number of hydrogen-bond donors (Lipinski definition) is 2. The lowest BCUT2D eigenvalue weighted by atomic mass is 9.47. The van der Waals surface area contributed by atoms with Crippen molar-refractivity contribution in [2.24, 2.45) is 52.3 Å². The first-order valence-corrected chi connectivity index (χ1v) is 25.2. The number of hydrogen-bond acceptors (Lipinski definition) is 9. The second kappa shape index (κ2) is 19.6. The van der Waals surface area contributed by atoms with Crippen LogP contribution in [-0.2, 0) is 20.7 Å². The summed E-state index contributed by atoms with van der Waals surface area (Å²) in [5.41, 5.74) is 3.38. The van der Waals surface area contributed by atoms with Crippen molar-refractivity contribution in [2.75, 3.05) is 13.6 Å². The SMILES string of the molecule is CNC(=O)c1cc(Oc2ccc3nc(C[C@H]4CCCCC4OC(=O)CCNC(=O)O[C@H]4CC[C@@]5(C)C(=CCC6C5CC[C@@]5(C)C6CC[C@@H]5[C@H](C)CCCC(C)C)C4)sc3c2)ccn1. The van der Waals surface area contributed by atoms with E-state index in [4.69, 9.17) is 19.2 Å². The number of rotatable bonds is 15. The van der Waals surface area contributed by atoms with Crippen LogP contribution >= 0.6 is 11.3 Å². The Morgan fingerprint density at radius 1 is 0.921 bits per heavy atom. The lowest BCUT2D eigenvalue weighted by Crippen LogP contribution is -2.51. The van der Waals surface area contributed by atoms with Crippen molar-refractivity contribution in [3.63, 3.8) is 0 Å². The van der Waals surface area contributed by atoms with E-state index in [0.717, 1.165) is 102 Å². The molecule has 11 heteroatoms. The Morgan fingerprint density at radius 3 is 2.57 bits per heavy atom. The number of nitrogens with one attached hydrogen (secondary N) is 2. The van der Waals surface area contributed by atoms with Crippen molar-refractivity contribution in [3.8, 4) is 11.5 Å². The molecule has 1 aromatic carbocycles. The molecule has 2 amide bonds. The van der Waals surface area contributed by atoms with Gasteiger partial charge in [0.05, 0.1) is 21.6 Å². The molecule has 0 spiro atoms. The average molecular weight is 881 g/mol. The number of ether oxygens (including phenoxy) is 3. The summed E-state index contributed by atoms with van der Waals surface area (Å²) in [5, 5.41) is 6.44. The van der Waals surface area contributed by atoms with Crippen molar-refractivity contribution in [1.82, 2.24) is 20.6 Å². The summed E-state index contributed by atoms with van der Waals surface area (Å²) in [6.45, 7) is 12.7. The van der Waals surface area contributed by atoms with Gasteiger partial charge in [-0.3, -0.25) is 14.6 Å². The fourth-order valence-electron chi connectivity index (χ4n) is 13.2. The van der Waals surface area contributed by atoms with Crippen LogP contribution in [0.15, 0.2) is 48.2 Å². The molecule has 2 N–H and O–H groups in total. The third-order valence-corrected chi connectivity index (χ3v) is 17.6. The molecular weight excluding hydrogens is 809 g/mol. The molecule has 5 aliphatic carbocycles. The third kappa shape index (κ3) is 10.1. The number of aromatic nitrogens is 2. The van der Waals surface area contributed by atoms with Gasteiger partial charge in [0.2, 0.25) is 0 Å². The molecule has 10 atom stereocenters. The van der Waals surface area contributed by atoms with Crippen LogP contribution in [0, 0.1) is 52.3 Å². The van der Waals surface area contributed by atoms with Gasteiger partial charge in [-0.25, -0.2) is 9.78 Å². The fraction of sp³-hybridized carbons (Fsp3) is 0.673. The Morgan fingerprint density at radius 2 is 1.75 bits per heavy atom. The van der Waals surface area contributed by atoms with Crippen molar-refractivity contribution in [1.29, 1.82) is 0 Å². The largest absolute Gasteiger partial charge is 0.462 e. The molecular formula is C52H72N4O6S. The number of carbonyl (C=O) groups is 3.